The van der Waals surface area contributed by atoms with Gasteiger partial charge in [0.1, 0.15) is 5.75 Å². The molecule has 104 valence electrons. The molecule has 1 fully saturated rings. The molecule has 1 aliphatic carbocycles. The second kappa shape index (κ2) is 5.57. The van der Waals surface area contributed by atoms with E-state index in [0.717, 1.165) is 25.7 Å². The van der Waals surface area contributed by atoms with E-state index >= 15 is 0 Å². The summed E-state index contributed by atoms with van der Waals surface area (Å²) >= 11 is 0. The summed E-state index contributed by atoms with van der Waals surface area (Å²) in [5.41, 5.74) is -0.360. The molecule has 19 heavy (non-hydrogen) atoms. The standard InChI is InChI=1S/C14H20N2O3/c1-10-2-5-14(9-17,6-3-10)16-13(19)11-4-7-15-8-12(11)18/h4,7-8,10,17-18H,2-3,5-6,9H2,1H3,(H,16,19). The number of rotatable bonds is 3. The quantitative estimate of drug-likeness (QED) is 0.772. The Morgan fingerprint density at radius 1 is 1.53 bits per heavy atom. The Morgan fingerprint density at radius 3 is 2.79 bits per heavy atom. The van der Waals surface area contributed by atoms with E-state index in [1.54, 1.807) is 0 Å². The molecule has 0 unspecified atom stereocenters. The normalized spacial score (nSPS) is 26.9. The summed E-state index contributed by atoms with van der Waals surface area (Å²) in [7, 11) is 0. The number of nitrogens with zero attached hydrogens (tertiary/aromatic N) is 1. The predicted octanol–water partition coefficient (Wildman–Crippen LogP) is 1.46. The number of aliphatic hydroxyl groups is 1. The first-order chi connectivity index (χ1) is 9.06. The van der Waals surface area contributed by atoms with Crippen molar-refractivity contribution in [3.8, 4) is 5.75 Å². The Bertz CT molecular complexity index is 454. The van der Waals surface area contributed by atoms with Crippen molar-refractivity contribution in [3.63, 3.8) is 0 Å². The number of aromatic nitrogens is 1. The summed E-state index contributed by atoms with van der Waals surface area (Å²) in [6.07, 6.45) is 6.21. The Labute approximate surface area is 112 Å². The predicted molar refractivity (Wildman–Crippen MR) is 70.8 cm³/mol. The van der Waals surface area contributed by atoms with Crippen LogP contribution in [-0.4, -0.2) is 33.3 Å². The van der Waals surface area contributed by atoms with Gasteiger partial charge in [0.25, 0.3) is 5.91 Å². The molecule has 5 heteroatoms. The summed E-state index contributed by atoms with van der Waals surface area (Å²) < 4.78 is 0. The van der Waals surface area contributed by atoms with E-state index in [1.165, 1.54) is 18.5 Å². The molecule has 1 saturated carbocycles. The van der Waals surface area contributed by atoms with Gasteiger partial charge >= 0.3 is 0 Å². The molecule has 3 N–H and O–H groups in total. The van der Waals surface area contributed by atoms with Crippen LogP contribution in [0.2, 0.25) is 0 Å². The Kier molecular flexibility index (Phi) is 4.04. The monoisotopic (exact) mass is 264 g/mol. The fourth-order valence-corrected chi connectivity index (χ4v) is 2.52. The van der Waals surface area contributed by atoms with Crippen molar-refractivity contribution in [2.75, 3.05) is 6.61 Å². The third kappa shape index (κ3) is 3.04. The molecular formula is C14H20N2O3. The summed E-state index contributed by atoms with van der Waals surface area (Å²) in [5, 5.41) is 22.1. The highest BCUT2D eigenvalue weighted by Gasteiger charge is 2.35. The number of hydrogen-bond donors (Lipinski definition) is 3. The van der Waals surface area contributed by atoms with Gasteiger partial charge < -0.3 is 15.5 Å². The molecule has 1 heterocycles. The molecule has 0 aliphatic heterocycles. The van der Waals surface area contributed by atoms with Crippen LogP contribution in [0.5, 0.6) is 5.75 Å². The zero-order valence-electron chi connectivity index (χ0n) is 11.1. The lowest BCUT2D eigenvalue weighted by molar-refractivity contribution is 0.0714. The maximum absolute atomic E-state index is 12.2. The number of nitrogens with one attached hydrogen (secondary N) is 1. The van der Waals surface area contributed by atoms with Crippen molar-refractivity contribution in [2.24, 2.45) is 5.92 Å². The van der Waals surface area contributed by atoms with Crippen molar-refractivity contribution in [2.45, 2.75) is 38.1 Å². The minimum atomic E-state index is -0.556. The maximum atomic E-state index is 12.2. The van der Waals surface area contributed by atoms with Gasteiger partial charge in [-0.15, -0.1) is 0 Å². The van der Waals surface area contributed by atoms with Gasteiger partial charge in [-0.2, -0.15) is 0 Å². The van der Waals surface area contributed by atoms with Crippen LogP contribution in [0.15, 0.2) is 18.5 Å². The smallest absolute Gasteiger partial charge is 0.255 e. The van der Waals surface area contributed by atoms with Gasteiger partial charge in [-0.1, -0.05) is 6.92 Å². The summed E-state index contributed by atoms with van der Waals surface area (Å²) in [5.74, 6) is 0.131. The molecule has 0 radical (unpaired) electrons. The van der Waals surface area contributed by atoms with Gasteiger partial charge in [0, 0.05) is 6.20 Å². The van der Waals surface area contributed by atoms with Crippen LogP contribution < -0.4 is 5.32 Å². The van der Waals surface area contributed by atoms with Gasteiger partial charge in [0.05, 0.1) is 23.9 Å². The molecule has 1 aliphatic rings. The first kappa shape index (κ1) is 13.8. The second-order valence-electron chi connectivity index (χ2n) is 5.47. The summed E-state index contributed by atoms with van der Waals surface area (Å²) in [6.45, 7) is 2.11. The molecule has 0 aromatic carbocycles. The van der Waals surface area contributed by atoms with E-state index < -0.39 is 5.54 Å². The van der Waals surface area contributed by atoms with Crippen LogP contribution in [0.25, 0.3) is 0 Å². The molecular weight excluding hydrogens is 244 g/mol. The van der Waals surface area contributed by atoms with Gasteiger partial charge in [0.2, 0.25) is 0 Å². The van der Waals surface area contributed by atoms with Gasteiger partial charge in [-0.05, 0) is 37.7 Å². The van der Waals surface area contributed by atoms with Gasteiger partial charge in [0.15, 0.2) is 0 Å². The van der Waals surface area contributed by atoms with E-state index in [4.69, 9.17) is 0 Å². The van der Waals surface area contributed by atoms with Gasteiger partial charge in [-0.25, -0.2) is 0 Å². The summed E-state index contributed by atoms with van der Waals surface area (Å²) in [4.78, 5) is 15.9. The van der Waals surface area contributed by atoms with Crippen molar-refractivity contribution in [1.29, 1.82) is 0 Å². The van der Waals surface area contributed by atoms with E-state index in [1.807, 2.05) is 0 Å². The number of carbonyl (C=O) groups is 1. The summed E-state index contributed by atoms with van der Waals surface area (Å²) in [6, 6.07) is 1.47. The molecule has 0 atom stereocenters. The number of pyridine rings is 1. The topological polar surface area (TPSA) is 82.5 Å². The largest absolute Gasteiger partial charge is 0.505 e. The maximum Gasteiger partial charge on any atom is 0.255 e. The molecule has 5 nitrogen and oxygen atoms in total. The second-order valence-corrected chi connectivity index (χ2v) is 5.47. The first-order valence-electron chi connectivity index (χ1n) is 6.63. The molecule has 1 amide bonds. The lowest BCUT2D eigenvalue weighted by Crippen LogP contribution is -2.53. The zero-order valence-corrected chi connectivity index (χ0v) is 11.1. The average Bonchev–Trinajstić information content (AvgIpc) is 2.42. The molecule has 0 bridgehead atoms. The minimum Gasteiger partial charge on any atom is -0.505 e. The first-order valence-corrected chi connectivity index (χ1v) is 6.63. The number of amides is 1. The number of hydrogen-bond acceptors (Lipinski definition) is 4. The van der Waals surface area contributed by atoms with Crippen LogP contribution in [0.3, 0.4) is 0 Å². The Morgan fingerprint density at radius 2 is 2.21 bits per heavy atom. The third-order valence-electron chi connectivity index (χ3n) is 3.96. The molecule has 2 rings (SSSR count). The van der Waals surface area contributed by atoms with E-state index in [2.05, 4.69) is 17.2 Å². The van der Waals surface area contributed by atoms with Crippen LogP contribution in [0, 0.1) is 5.92 Å². The fourth-order valence-electron chi connectivity index (χ4n) is 2.52. The number of carbonyl (C=O) groups excluding carboxylic acids is 1. The van der Waals surface area contributed by atoms with E-state index in [-0.39, 0.29) is 23.8 Å². The molecule has 0 spiro atoms. The lowest BCUT2D eigenvalue weighted by Gasteiger charge is -2.38. The zero-order chi connectivity index (χ0) is 13.9. The highest BCUT2D eigenvalue weighted by Crippen LogP contribution is 2.32. The van der Waals surface area contributed by atoms with Crippen LogP contribution in [0.4, 0.5) is 0 Å². The van der Waals surface area contributed by atoms with Crippen molar-refractivity contribution >= 4 is 5.91 Å². The minimum absolute atomic E-state index is 0.0721. The lowest BCUT2D eigenvalue weighted by atomic mass is 9.77. The fraction of sp³-hybridized carbons (Fsp3) is 0.571. The molecule has 1 aromatic heterocycles. The average molecular weight is 264 g/mol. The van der Waals surface area contributed by atoms with Crippen molar-refractivity contribution in [1.82, 2.24) is 10.3 Å². The van der Waals surface area contributed by atoms with Crippen LogP contribution in [-0.2, 0) is 0 Å². The SMILES string of the molecule is CC1CCC(CO)(NC(=O)c2ccncc2O)CC1. The number of aromatic hydroxyl groups is 1. The van der Waals surface area contributed by atoms with Crippen molar-refractivity contribution in [3.05, 3.63) is 24.0 Å². The highest BCUT2D eigenvalue weighted by atomic mass is 16.3. The molecule has 0 saturated heterocycles. The van der Waals surface area contributed by atoms with Crippen LogP contribution in [0.1, 0.15) is 43.0 Å². The van der Waals surface area contributed by atoms with Crippen LogP contribution >= 0.6 is 0 Å². The van der Waals surface area contributed by atoms with Gasteiger partial charge in [-0.3, -0.25) is 9.78 Å². The third-order valence-corrected chi connectivity index (χ3v) is 3.96. The highest BCUT2D eigenvalue weighted by molar-refractivity contribution is 5.97. The van der Waals surface area contributed by atoms with E-state index in [9.17, 15) is 15.0 Å². The Hall–Kier alpha value is -1.62. The number of aliphatic hydroxyl groups excluding tert-OH is 1. The van der Waals surface area contributed by atoms with Crippen molar-refractivity contribution < 1.29 is 15.0 Å². The molecule has 1 aromatic rings. The van der Waals surface area contributed by atoms with E-state index in [0.29, 0.717) is 5.92 Å². The Balaban J connectivity index is 2.11.